The summed E-state index contributed by atoms with van der Waals surface area (Å²) < 4.78 is 54.7. The second kappa shape index (κ2) is 8.37. The number of benzene rings is 2. The molecule has 0 aromatic heterocycles. The first-order valence-electron chi connectivity index (χ1n) is 8.34. The quantitative estimate of drug-likeness (QED) is 0.496. The van der Waals surface area contributed by atoms with Crippen molar-refractivity contribution in [3.8, 4) is 17.2 Å². The minimum atomic E-state index is -4.45. The van der Waals surface area contributed by atoms with Gasteiger partial charge in [-0.15, -0.1) is 0 Å². The minimum absolute atomic E-state index is 0.184. The Morgan fingerprint density at radius 3 is 1.93 bits per heavy atom. The molecule has 4 nitrogen and oxygen atoms in total. The van der Waals surface area contributed by atoms with Gasteiger partial charge in [0, 0.05) is 11.1 Å². The molecular formula is C21H21F3O4. The first-order valence-corrected chi connectivity index (χ1v) is 8.34. The molecule has 0 saturated carbocycles. The van der Waals surface area contributed by atoms with E-state index in [9.17, 15) is 18.0 Å². The Morgan fingerprint density at radius 2 is 1.46 bits per heavy atom. The Morgan fingerprint density at radius 1 is 0.929 bits per heavy atom. The standard InChI is InChI=1S/C21H21F3O4/c1-12-18(26-3)13(2)20(28-5)17(19(12)27-4)16(25)10-9-14-7-6-8-15(11-14)21(22,23)24/h6-11H,1-5H3. The number of hydrogen-bond acceptors (Lipinski definition) is 4. The van der Waals surface area contributed by atoms with E-state index in [4.69, 9.17) is 14.2 Å². The largest absolute Gasteiger partial charge is 0.496 e. The zero-order valence-electron chi connectivity index (χ0n) is 16.2. The number of alkyl halides is 3. The van der Waals surface area contributed by atoms with Gasteiger partial charge in [0.2, 0.25) is 0 Å². The predicted molar refractivity (Wildman–Crippen MR) is 100 cm³/mol. The van der Waals surface area contributed by atoms with Crippen molar-refractivity contribution in [2.75, 3.05) is 21.3 Å². The third kappa shape index (κ3) is 4.13. The van der Waals surface area contributed by atoms with Gasteiger partial charge in [-0.1, -0.05) is 18.2 Å². The molecule has 0 aliphatic carbocycles. The van der Waals surface area contributed by atoms with Gasteiger partial charge < -0.3 is 14.2 Å². The molecule has 0 bridgehead atoms. The highest BCUT2D eigenvalue weighted by atomic mass is 19.4. The third-order valence-electron chi connectivity index (χ3n) is 4.32. The smallest absolute Gasteiger partial charge is 0.416 e. The zero-order valence-corrected chi connectivity index (χ0v) is 16.2. The average molecular weight is 394 g/mol. The van der Waals surface area contributed by atoms with Crippen molar-refractivity contribution in [2.45, 2.75) is 20.0 Å². The van der Waals surface area contributed by atoms with E-state index in [-0.39, 0.29) is 22.6 Å². The van der Waals surface area contributed by atoms with Crippen LogP contribution in [0.2, 0.25) is 0 Å². The van der Waals surface area contributed by atoms with Crippen molar-refractivity contribution in [1.82, 2.24) is 0 Å². The fourth-order valence-electron chi connectivity index (χ4n) is 3.08. The number of carbonyl (C=O) groups excluding carboxylic acids is 1. The summed E-state index contributed by atoms with van der Waals surface area (Å²) in [6.07, 6.45) is -1.93. The molecule has 150 valence electrons. The molecule has 0 atom stereocenters. The van der Waals surface area contributed by atoms with Crippen molar-refractivity contribution >= 4 is 11.9 Å². The Bertz CT molecular complexity index is 884. The van der Waals surface area contributed by atoms with E-state index in [0.717, 1.165) is 12.1 Å². The van der Waals surface area contributed by atoms with Gasteiger partial charge >= 0.3 is 6.18 Å². The van der Waals surface area contributed by atoms with E-state index in [1.807, 2.05) is 0 Å². The maximum absolute atomic E-state index is 12.9. The molecule has 0 aliphatic rings. The molecule has 0 heterocycles. The summed E-state index contributed by atoms with van der Waals surface area (Å²) in [7, 11) is 4.34. The molecule has 0 fully saturated rings. The number of rotatable bonds is 6. The van der Waals surface area contributed by atoms with Crippen LogP contribution >= 0.6 is 0 Å². The monoisotopic (exact) mass is 394 g/mol. The Hall–Kier alpha value is -2.96. The third-order valence-corrected chi connectivity index (χ3v) is 4.32. The van der Waals surface area contributed by atoms with Crippen molar-refractivity contribution in [3.63, 3.8) is 0 Å². The topological polar surface area (TPSA) is 44.8 Å². The molecule has 0 N–H and O–H groups in total. The highest BCUT2D eigenvalue weighted by molar-refractivity contribution is 6.11. The summed E-state index contributed by atoms with van der Waals surface area (Å²) in [5, 5.41) is 0. The van der Waals surface area contributed by atoms with Gasteiger partial charge in [-0.05, 0) is 37.6 Å². The Balaban J connectivity index is 2.51. The Kier molecular flexibility index (Phi) is 6.38. The molecule has 2 aromatic carbocycles. The van der Waals surface area contributed by atoms with Gasteiger partial charge in [0.25, 0.3) is 0 Å². The molecule has 0 aliphatic heterocycles. The van der Waals surface area contributed by atoms with E-state index in [2.05, 4.69) is 0 Å². The molecule has 2 rings (SSSR count). The van der Waals surface area contributed by atoms with Crippen LogP contribution in [0.5, 0.6) is 17.2 Å². The summed E-state index contributed by atoms with van der Waals surface area (Å²) >= 11 is 0. The van der Waals surface area contributed by atoms with Gasteiger partial charge in [-0.3, -0.25) is 4.79 Å². The van der Waals surface area contributed by atoms with Crippen LogP contribution in [-0.4, -0.2) is 27.1 Å². The summed E-state index contributed by atoms with van der Waals surface area (Å²) in [4.78, 5) is 12.9. The second-order valence-corrected chi connectivity index (χ2v) is 6.05. The molecule has 7 heteroatoms. The predicted octanol–water partition coefficient (Wildman–Crippen LogP) is 5.24. The second-order valence-electron chi connectivity index (χ2n) is 6.05. The lowest BCUT2D eigenvalue weighted by atomic mass is 9.98. The summed E-state index contributed by atoms with van der Waals surface area (Å²) in [5.74, 6) is 0.656. The summed E-state index contributed by atoms with van der Waals surface area (Å²) in [6, 6.07) is 4.72. The molecule has 0 radical (unpaired) electrons. The lowest BCUT2D eigenvalue weighted by Gasteiger charge is -2.19. The molecule has 0 unspecified atom stereocenters. The lowest BCUT2D eigenvalue weighted by Crippen LogP contribution is -2.08. The SMILES string of the molecule is COc1c(C)c(OC)c(C(=O)C=Cc2cccc(C(F)(F)F)c2)c(OC)c1C. The van der Waals surface area contributed by atoms with Crippen molar-refractivity contribution < 1.29 is 32.2 Å². The van der Waals surface area contributed by atoms with Crippen LogP contribution in [0.1, 0.15) is 32.6 Å². The molecule has 0 spiro atoms. The normalized spacial score (nSPS) is 11.6. The van der Waals surface area contributed by atoms with Crippen LogP contribution in [0.4, 0.5) is 13.2 Å². The van der Waals surface area contributed by atoms with Crippen LogP contribution in [0, 0.1) is 13.8 Å². The zero-order chi connectivity index (χ0) is 21.1. The fraction of sp³-hybridized carbons (Fsp3) is 0.286. The number of carbonyl (C=O) groups is 1. The van der Waals surface area contributed by atoms with E-state index in [1.165, 1.54) is 45.6 Å². The van der Waals surface area contributed by atoms with Gasteiger partial charge in [0.15, 0.2) is 5.78 Å². The van der Waals surface area contributed by atoms with Crippen LogP contribution < -0.4 is 14.2 Å². The van der Waals surface area contributed by atoms with E-state index >= 15 is 0 Å². The molecule has 28 heavy (non-hydrogen) atoms. The first kappa shape index (κ1) is 21.3. The Labute approximate surface area is 161 Å². The van der Waals surface area contributed by atoms with Gasteiger partial charge in [-0.2, -0.15) is 13.2 Å². The summed E-state index contributed by atoms with van der Waals surface area (Å²) in [6.45, 7) is 3.49. The first-order chi connectivity index (χ1) is 13.1. The highest BCUT2D eigenvalue weighted by Crippen LogP contribution is 2.43. The molecule has 2 aromatic rings. The van der Waals surface area contributed by atoms with Crippen LogP contribution in [0.3, 0.4) is 0 Å². The number of halogens is 3. The van der Waals surface area contributed by atoms with E-state index in [1.54, 1.807) is 13.8 Å². The molecular weight excluding hydrogens is 373 g/mol. The van der Waals surface area contributed by atoms with Gasteiger partial charge in [0.05, 0.1) is 26.9 Å². The maximum Gasteiger partial charge on any atom is 0.416 e. The number of methoxy groups -OCH3 is 3. The lowest BCUT2D eigenvalue weighted by molar-refractivity contribution is -0.137. The number of ketones is 1. The molecule has 0 saturated heterocycles. The van der Waals surface area contributed by atoms with Gasteiger partial charge in [0.1, 0.15) is 22.8 Å². The van der Waals surface area contributed by atoms with Crippen LogP contribution in [0.15, 0.2) is 30.3 Å². The maximum atomic E-state index is 12.9. The van der Waals surface area contributed by atoms with E-state index < -0.39 is 17.5 Å². The van der Waals surface area contributed by atoms with Crippen molar-refractivity contribution in [3.05, 3.63) is 58.2 Å². The molecule has 0 amide bonds. The van der Waals surface area contributed by atoms with E-state index in [0.29, 0.717) is 16.9 Å². The van der Waals surface area contributed by atoms with Crippen molar-refractivity contribution in [2.24, 2.45) is 0 Å². The van der Waals surface area contributed by atoms with Crippen LogP contribution in [0.25, 0.3) is 6.08 Å². The van der Waals surface area contributed by atoms with Crippen LogP contribution in [-0.2, 0) is 6.18 Å². The van der Waals surface area contributed by atoms with Gasteiger partial charge in [-0.25, -0.2) is 0 Å². The summed E-state index contributed by atoms with van der Waals surface area (Å²) in [5.41, 5.74) is 0.902. The number of ether oxygens (including phenoxy) is 3. The average Bonchev–Trinajstić information content (AvgIpc) is 2.65. The minimum Gasteiger partial charge on any atom is -0.496 e. The fourth-order valence-corrected chi connectivity index (χ4v) is 3.08. The highest BCUT2D eigenvalue weighted by Gasteiger charge is 2.30. The number of hydrogen-bond donors (Lipinski definition) is 0. The number of allylic oxidation sites excluding steroid dienone is 1. The van der Waals surface area contributed by atoms with Crippen molar-refractivity contribution in [1.29, 1.82) is 0 Å².